The third-order valence-corrected chi connectivity index (χ3v) is 6.46. The topological polar surface area (TPSA) is 102 Å². The summed E-state index contributed by atoms with van der Waals surface area (Å²) in [5, 5.41) is 10.2. The number of benzene rings is 2. The predicted octanol–water partition coefficient (Wildman–Crippen LogP) is 4.62. The lowest BCUT2D eigenvalue weighted by Crippen LogP contribution is -2.43. The summed E-state index contributed by atoms with van der Waals surface area (Å²) in [5.41, 5.74) is 6.44. The number of piperidine rings is 1. The number of aliphatic hydroxyl groups is 1. The van der Waals surface area contributed by atoms with Crippen LogP contribution in [0.4, 0.5) is 9.59 Å². The van der Waals surface area contributed by atoms with E-state index < -0.39 is 11.7 Å². The molecular weight excluding hydrogens is 420 g/mol. The summed E-state index contributed by atoms with van der Waals surface area (Å²) in [4.78, 5) is 24.1. The van der Waals surface area contributed by atoms with Crippen molar-refractivity contribution in [1.82, 2.24) is 4.90 Å². The number of amides is 2. The highest BCUT2D eigenvalue weighted by Gasteiger charge is 2.46. The monoisotopic (exact) mass is 454 g/mol. The van der Waals surface area contributed by atoms with Crippen LogP contribution in [0.25, 0.3) is 0 Å². The van der Waals surface area contributed by atoms with Gasteiger partial charge in [0.05, 0.1) is 5.60 Å². The molecule has 1 aliphatic carbocycles. The second kappa shape index (κ2) is 11.2. The minimum Gasteiger partial charge on any atom is -0.445 e. The number of hydrogen-bond acceptors (Lipinski definition) is 5. The summed E-state index contributed by atoms with van der Waals surface area (Å²) in [7, 11) is 0. The van der Waals surface area contributed by atoms with Gasteiger partial charge in [-0.2, -0.15) is 0 Å². The lowest BCUT2D eigenvalue weighted by Gasteiger charge is -2.39. The van der Waals surface area contributed by atoms with Crippen LogP contribution in [0.5, 0.6) is 0 Å². The zero-order chi connectivity index (χ0) is 23.7. The number of likely N-dealkylation sites (tertiary alicyclic amines) is 1. The maximum Gasteiger partial charge on any atom is 0.410 e. The van der Waals surface area contributed by atoms with Crippen LogP contribution < -0.4 is 5.73 Å². The molecule has 0 radical (unpaired) electrons. The molecule has 0 aromatic heterocycles. The van der Waals surface area contributed by atoms with Gasteiger partial charge in [0.15, 0.2) is 0 Å². The molecule has 1 unspecified atom stereocenters. The molecule has 1 atom stereocenters. The molecule has 2 fully saturated rings. The highest BCUT2D eigenvalue weighted by molar-refractivity contribution is 5.67. The smallest absolute Gasteiger partial charge is 0.410 e. The van der Waals surface area contributed by atoms with Gasteiger partial charge in [-0.3, -0.25) is 0 Å². The van der Waals surface area contributed by atoms with Crippen molar-refractivity contribution in [3.8, 4) is 0 Å². The first-order valence-corrected chi connectivity index (χ1v) is 11.4. The minimum absolute atomic E-state index is 0.219. The van der Waals surface area contributed by atoms with Crippen LogP contribution in [0.1, 0.15) is 50.2 Å². The molecule has 2 aliphatic rings. The summed E-state index contributed by atoms with van der Waals surface area (Å²) < 4.78 is 9.96. The Morgan fingerprint density at radius 3 is 1.85 bits per heavy atom. The molecular formula is C26H34N2O5. The zero-order valence-electron chi connectivity index (χ0n) is 19.2. The quantitative estimate of drug-likeness (QED) is 0.702. The number of nitrogens with zero attached hydrogens (tertiary/aromatic N) is 1. The first-order valence-electron chi connectivity index (χ1n) is 11.4. The average molecular weight is 455 g/mol. The normalized spacial score (nSPS) is 21.1. The summed E-state index contributed by atoms with van der Waals surface area (Å²) in [5.74, 6) is 0. The fourth-order valence-electron chi connectivity index (χ4n) is 4.65. The number of carbonyl (C=O) groups is 2. The van der Waals surface area contributed by atoms with Crippen LogP contribution in [0, 0.1) is 5.41 Å². The number of rotatable bonds is 4. The molecule has 178 valence electrons. The molecule has 3 N–H and O–H groups in total. The number of carbonyl (C=O) groups excluding carboxylic acids is 2. The Kier molecular flexibility index (Phi) is 8.33. The van der Waals surface area contributed by atoms with Crippen LogP contribution in [-0.2, 0) is 22.7 Å². The molecule has 1 spiro atoms. The molecule has 7 heteroatoms. The maximum absolute atomic E-state index is 12.2. The van der Waals surface area contributed by atoms with Gasteiger partial charge in [-0.15, -0.1) is 0 Å². The standard InChI is InChI=1S/C18H25NO3.C8H9NO2/c1-17(21)7-8-18(14-17)9-11-19(12-10-18)16(20)22-13-15-5-3-2-4-6-15;9-8(10)11-6-7-4-2-1-3-5-7/h2-6,21H,7-14H2,1H3;1-5H,6H2,(H2,9,10). The van der Waals surface area contributed by atoms with Crippen LogP contribution in [0.15, 0.2) is 60.7 Å². The highest BCUT2D eigenvalue weighted by atomic mass is 16.6. The van der Waals surface area contributed by atoms with E-state index in [9.17, 15) is 14.7 Å². The molecule has 1 saturated heterocycles. The van der Waals surface area contributed by atoms with Gasteiger partial charge in [0, 0.05) is 13.1 Å². The Morgan fingerprint density at radius 2 is 1.39 bits per heavy atom. The van der Waals surface area contributed by atoms with E-state index in [1.807, 2.05) is 67.6 Å². The van der Waals surface area contributed by atoms with Crippen molar-refractivity contribution in [3.63, 3.8) is 0 Å². The van der Waals surface area contributed by atoms with Crippen molar-refractivity contribution in [3.05, 3.63) is 71.8 Å². The second-order valence-corrected chi connectivity index (χ2v) is 9.29. The molecule has 4 rings (SSSR count). The van der Waals surface area contributed by atoms with Crippen molar-refractivity contribution in [2.45, 2.75) is 57.8 Å². The van der Waals surface area contributed by atoms with Crippen molar-refractivity contribution in [1.29, 1.82) is 0 Å². The van der Waals surface area contributed by atoms with Crippen LogP contribution in [0.2, 0.25) is 0 Å². The average Bonchev–Trinajstić information content (AvgIpc) is 3.12. The third kappa shape index (κ3) is 7.79. The van der Waals surface area contributed by atoms with Crippen molar-refractivity contribution in [2.75, 3.05) is 13.1 Å². The SMILES string of the molecule is CC1(O)CCC2(CCN(C(=O)OCc3ccccc3)CC2)C1.NC(=O)OCc1ccccc1. The molecule has 1 saturated carbocycles. The van der Waals surface area contributed by atoms with E-state index in [1.54, 1.807) is 4.90 Å². The fraction of sp³-hybridized carbons (Fsp3) is 0.462. The summed E-state index contributed by atoms with van der Waals surface area (Å²) >= 11 is 0. The van der Waals surface area contributed by atoms with E-state index in [4.69, 9.17) is 10.5 Å². The maximum atomic E-state index is 12.2. The summed E-state index contributed by atoms with van der Waals surface area (Å²) in [6.45, 7) is 3.99. The molecule has 33 heavy (non-hydrogen) atoms. The van der Waals surface area contributed by atoms with Gasteiger partial charge >= 0.3 is 12.2 Å². The zero-order valence-corrected chi connectivity index (χ0v) is 19.2. The van der Waals surface area contributed by atoms with E-state index in [0.717, 1.165) is 56.3 Å². The fourth-order valence-corrected chi connectivity index (χ4v) is 4.65. The van der Waals surface area contributed by atoms with Crippen molar-refractivity contribution >= 4 is 12.2 Å². The Labute approximate surface area is 195 Å². The van der Waals surface area contributed by atoms with E-state index in [0.29, 0.717) is 6.61 Å². The van der Waals surface area contributed by atoms with Crippen molar-refractivity contribution < 1.29 is 24.2 Å². The lowest BCUT2D eigenvalue weighted by atomic mass is 9.76. The third-order valence-electron chi connectivity index (χ3n) is 6.46. The second-order valence-electron chi connectivity index (χ2n) is 9.29. The van der Waals surface area contributed by atoms with Gasteiger partial charge < -0.3 is 25.2 Å². The van der Waals surface area contributed by atoms with E-state index >= 15 is 0 Å². The molecule has 2 aromatic carbocycles. The Morgan fingerprint density at radius 1 is 0.879 bits per heavy atom. The van der Waals surface area contributed by atoms with E-state index in [1.165, 1.54) is 0 Å². The van der Waals surface area contributed by atoms with Crippen LogP contribution in [0.3, 0.4) is 0 Å². The van der Waals surface area contributed by atoms with Gasteiger partial charge in [0.25, 0.3) is 0 Å². The van der Waals surface area contributed by atoms with Crippen LogP contribution >= 0.6 is 0 Å². The number of ether oxygens (including phenoxy) is 2. The van der Waals surface area contributed by atoms with Gasteiger partial charge in [-0.25, -0.2) is 9.59 Å². The lowest BCUT2D eigenvalue weighted by molar-refractivity contribution is 0.0300. The molecule has 0 bridgehead atoms. The molecule has 2 amide bonds. The minimum atomic E-state index is -0.742. The molecule has 1 aliphatic heterocycles. The highest BCUT2D eigenvalue weighted by Crippen LogP contribution is 2.50. The van der Waals surface area contributed by atoms with Crippen LogP contribution in [-0.4, -0.2) is 40.9 Å². The Hall–Kier alpha value is -3.06. The molecule has 1 heterocycles. The van der Waals surface area contributed by atoms with E-state index in [2.05, 4.69) is 4.74 Å². The van der Waals surface area contributed by atoms with Gasteiger partial charge in [0.1, 0.15) is 13.2 Å². The number of primary amides is 1. The predicted molar refractivity (Wildman–Crippen MR) is 125 cm³/mol. The molecule has 2 aromatic rings. The molecule has 7 nitrogen and oxygen atoms in total. The number of hydrogen-bond donors (Lipinski definition) is 2. The van der Waals surface area contributed by atoms with Crippen molar-refractivity contribution in [2.24, 2.45) is 11.1 Å². The van der Waals surface area contributed by atoms with E-state index in [-0.39, 0.29) is 18.1 Å². The largest absolute Gasteiger partial charge is 0.445 e. The number of nitrogens with two attached hydrogens (primary N) is 1. The van der Waals surface area contributed by atoms with Gasteiger partial charge in [-0.05, 0) is 55.6 Å². The first kappa shape index (κ1) is 24.6. The summed E-state index contributed by atoms with van der Waals surface area (Å²) in [6, 6.07) is 19.1. The Balaban J connectivity index is 0.000000235. The van der Waals surface area contributed by atoms with Gasteiger partial charge in [0.2, 0.25) is 0 Å². The summed E-state index contributed by atoms with van der Waals surface area (Å²) in [6.07, 6.45) is 3.82. The first-order chi connectivity index (χ1) is 15.8. The van der Waals surface area contributed by atoms with Gasteiger partial charge in [-0.1, -0.05) is 60.7 Å². The Bertz CT molecular complexity index is 893.